The van der Waals surface area contributed by atoms with Crippen molar-refractivity contribution < 1.29 is 14.7 Å². The number of nitrogens with one attached hydrogen (secondary N) is 1. The summed E-state index contributed by atoms with van der Waals surface area (Å²) in [6, 6.07) is -0.286. The van der Waals surface area contributed by atoms with Gasteiger partial charge in [0.25, 0.3) is 0 Å². The number of aliphatic carboxylic acids is 1. The third-order valence-electron chi connectivity index (χ3n) is 2.70. The van der Waals surface area contributed by atoms with Gasteiger partial charge in [-0.05, 0) is 20.8 Å². The zero-order valence-corrected chi connectivity index (χ0v) is 12.2. The van der Waals surface area contributed by atoms with E-state index in [0.717, 1.165) is 10.6 Å². The molecule has 0 aromatic carbocycles. The van der Waals surface area contributed by atoms with Crippen LogP contribution in [0.15, 0.2) is 5.51 Å². The molecule has 1 heterocycles. The fourth-order valence-electron chi connectivity index (χ4n) is 1.56. The summed E-state index contributed by atoms with van der Waals surface area (Å²) in [5.41, 5.74) is 2.65. The topological polar surface area (TPSA) is 82.5 Å². The number of nitrogens with zero attached hydrogens (tertiary/aromatic N) is 2. The zero-order valence-electron chi connectivity index (χ0n) is 11.3. The van der Waals surface area contributed by atoms with E-state index >= 15 is 0 Å². The molecular weight excluding hydrogens is 266 g/mol. The maximum Gasteiger partial charge on any atom is 0.317 e. The lowest BCUT2D eigenvalue weighted by Gasteiger charge is -2.26. The van der Waals surface area contributed by atoms with Gasteiger partial charge in [0, 0.05) is 17.5 Å². The van der Waals surface area contributed by atoms with E-state index in [1.807, 2.05) is 20.8 Å². The van der Waals surface area contributed by atoms with Gasteiger partial charge in [-0.25, -0.2) is 9.78 Å². The molecule has 0 radical (unpaired) electrons. The van der Waals surface area contributed by atoms with E-state index in [4.69, 9.17) is 5.11 Å². The molecule has 0 spiro atoms. The third-order valence-corrected chi connectivity index (χ3v) is 3.63. The van der Waals surface area contributed by atoms with Crippen molar-refractivity contribution in [2.45, 2.75) is 39.8 Å². The Morgan fingerprint density at radius 3 is 2.68 bits per heavy atom. The molecule has 1 aromatic heterocycles. The Bertz CT molecular complexity index is 445. The van der Waals surface area contributed by atoms with Crippen LogP contribution in [0, 0.1) is 6.92 Å². The summed E-state index contributed by atoms with van der Waals surface area (Å²) < 4.78 is 0. The van der Waals surface area contributed by atoms with Crippen LogP contribution in [0.3, 0.4) is 0 Å². The fourth-order valence-corrected chi connectivity index (χ4v) is 2.28. The van der Waals surface area contributed by atoms with Crippen LogP contribution in [-0.2, 0) is 11.3 Å². The number of carbonyl (C=O) groups is 2. The standard InChI is InChI=1S/C12H19N3O3S/c1-8(2)15(5-4-11(16)17)12(18)13-6-10-9(3)14-7-19-10/h7-8H,4-6H2,1-3H3,(H,13,18)(H,16,17). The van der Waals surface area contributed by atoms with E-state index in [1.54, 1.807) is 5.51 Å². The van der Waals surface area contributed by atoms with Crippen molar-refractivity contribution in [1.29, 1.82) is 0 Å². The minimum Gasteiger partial charge on any atom is -0.481 e. The first-order valence-corrected chi connectivity index (χ1v) is 6.95. The SMILES string of the molecule is Cc1ncsc1CNC(=O)N(CCC(=O)O)C(C)C. The van der Waals surface area contributed by atoms with Gasteiger partial charge in [-0.15, -0.1) is 11.3 Å². The summed E-state index contributed by atoms with van der Waals surface area (Å²) in [6.07, 6.45) is -0.0504. The number of rotatable bonds is 6. The number of carboxylic acids is 1. The highest BCUT2D eigenvalue weighted by atomic mass is 32.1. The molecule has 0 saturated heterocycles. The molecule has 0 aliphatic heterocycles. The molecule has 0 bridgehead atoms. The van der Waals surface area contributed by atoms with E-state index in [-0.39, 0.29) is 25.0 Å². The number of carboxylic acid groups (broad SMARTS) is 1. The minimum atomic E-state index is -0.906. The summed E-state index contributed by atoms with van der Waals surface area (Å²) in [4.78, 5) is 29.2. The summed E-state index contributed by atoms with van der Waals surface area (Å²) >= 11 is 1.49. The first-order valence-electron chi connectivity index (χ1n) is 6.07. The highest BCUT2D eigenvalue weighted by molar-refractivity contribution is 7.09. The number of carbonyl (C=O) groups excluding carboxylic acids is 1. The molecule has 106 valence electrons. The van der Waals surface area contributed by atoms with Gasteiger partial charge in [0.1, 0.15) is 0 Å². The normalized spacial score (nSPS) is 10.5. The number of urea groups is 1. The molecule has 0 aliphatic rings. The third kappa shape index (κ3) is 4.86. The average Bonchev–Trinajstić information content (AvgIpc) is 2.71. The molecule has 2 amide bonds. The molecule has 0 fully saturated rings. The second-order valence-electron chi connectivity index (χ2n) is 4.45. The summed E-state index contributed by atoms with van der Waals surface area (Å²) in [6.45, 7) is 6.24. The molecule has 19 heavy (non-hydrogen) atoms. The Morgan fingerprint density at radius 2 is 2.21 bits per heavy atom. The van der Waals surface area contributed by atoms with Gasteiger partial charge in [-0.3, -0.25) is 4.79 Å². The van der Waals surface area contributed by atoms with Crippen LogP contribution in [0.1, 0.15) is 30.8 Å². The Balaban J connectivity index is 2.52. The number of hydrogen-bond acceptors (Lipinski definition) is 4. The van der Waals surface area contributed by atoms with Gasteiger partial charge < -0.3 is 15.3 Å². The molecule has 1 rings (SSSR count). The first-order chi connectivity index (χ1) is 8.91. The molecule has 1 aromatic rings. The largest absolute Gasteiger partial charge is 0.481 e. The fraction of sp³-hybridized carbons (Fsp3) is 0.583. The predicted octanol–water partition coefficient (Wildman–Crippen LogP) is 1.85. The van der Waals surface area contributed by atoms with Crippen LogP contribution >= 0.6 is 11.3 Å². The van der Waals surface area contributed by atoms with Crippen molar-refractivity contribution in [3.05, 3.63) is 16.1 Å². The van der Waals surface area contributed by atoms with Crippen LogP contribution in [-0.4, -0.2) is 39.6 Å². The van der Waals surface area contributed by atoms with Crippen LogP contribution < -0.4 is 5.32 Å². The number of amides is 2. The lowest BCUT2D eigenvalue weighted by molar-refractivity contribution is -0.137. The maximum absolute atomic E-state index is 12.0. The van der Waals surface area contributed by atoms with Crippen LogP contribution in [0.25, 0.3) is 0 Å². The zero-order chi connectivity index (χ0) is 14.4. The van der Waals surface area contributed by atoms with Crippen molar-refractivity contribution >= 4 is 23.3 Å². The molecule has 6 nitrogen and oxygen atoms in total. The van der Waals surface area contributed by atoms with E-state index < -0.39 is 5.97 Å². The quantitative estimate of drug-likeness (QED) is 0.835. The Hall–Kier alpha value is -1.63. The first kappa shape index (κ1) is 15.4. The van der Waals surface area contributed by atoms with Crippen molar-refractivity contribution in [2.75, 3.05) is 6.54 Å². The highest BCUT2D eigenvalue weighted by Crippen LogP contribution is 2.11. The van der Waals surface area contributed by atoms with Crippen molar-refractivity contribution in [1.82, 2.24) is 15.2 Å². The van der Waals surface area contributed by atoms with Gasteiger partial charge in [-0.2, -0.15) is 0 Å². The van der Waals surface area contributed by atoms with Crippen molar-refractivity contribution in [3.8, 4) is 0 Å². The Kier molecular flexibility index (Phi) is 5.75. The Morgan fingerprint density at radius 1 is 1.53 bits per heavy atom. The summed E-state index contributed by atoms with van der Waals surface area (Å²) in [5.74, 6) is -0.906. The molecular formula is C12H19N3O3S. The van der Waals surface area contributed by atoms with Crippen LogP contribution in [0.2, 0.25) is 0 Å². The minimum absolute atomic E-state index is 0.0399. The molecule has 0 unspecified atom stereocenters. The molecule has 7 heteroatoms. The summed E-state index contributed by atoms with van der Waals surface area (Å²) in [7, 11) is 0. The lowest BCUT2D eigenvalue weighted by Crippen LogP contribution is -2.44. The number of hydrogen-bond donors (Lipinski definition) is 2. The van der Waals surface area contributed by atoms with Gasteiger partial charge >= 0.3 is 12.0 Å². The van der Waals surface area contributed by atoms with E-state index in [0.29, 0.717) is 6.54 Å². The lowest BCUT2D eigenvalue weighted by atomic mass is 10.3. The monoisotopic (exact) mass is 285 g/mol. The second-order valence-corrected chi connectivity index (χ2v) is 5.39. The van der Waals surface area contributed by atoms with Crippen LogP contribution in [0.4, 0.5) is 4.79 Å². The average molecular weight is 285 g/mol. The number of aromatic nitrogens is 1. The highest BCUT2D eigenvalue weighted by Gasteiger charge is 2.17. The molecule has 0 aliphatic carbocycles. The van der Waals surface area contributed by atoms with Gasteiger partial charge in [0.15, 0.2) is 0 Å². The summed E-state index contributed by atoms with van der Waals surface area (Å²) in [5, 5.41) is 11.5. The molecule has 2 N–H and O–H groups in total. The van der Waals surface area contributed by atoms with E-state index in [1.165, 1.54) is 16.2 Å². The van der Waals surface area contributed by atoms with Gasteiger partial charge in [-0.1, -0.05) is 0 Å². The number of aryl methyl sites for hydroxylation is 1. The maximum atomic E-state index is 12.0. The number of thiazole rings is 1. The Labute approximate surface area is 116 Å². The van der Waals surface area contributed by atoms with Gasteiger partial charge in [0.05, 0.1) is 24.2 Å². The molecule has 0 saturated carbocycles. The van der Waals surface area contributed by atoms with Crippen molar-refractivity contribution in [3.63, 3.8) is 0 Å². The van der Waals surface area contributed by atoms with Gasteiger partial charge in [0.2, 0.25) is 0 Å². The second kappa shape index (κ2) is 7.08. The van der Waals surface area contributed by atoms with E-state index in [2.05, 4.69) is 10.3 Å². The van der Waals surface area contributed by atoms with Crippen LogP contribution in [0.5, 0.6) is 0 Å². The van der Waals surface area contributed by atoms with Crippen molar-refractivity contribution in [2.24, 2.45) is 0 Å². The predicted molar refractivity (Wildman–Crippen MR) is 73.2 cm³/mol. The van der Waals surface area contributed by atoms with E-state index in [9.17, 15) is 9.59 Å². The smallest absolute Gasteiger partial charge is 0.317 e. The molecule has 0 atom stereocenters.